The number of rotatable bonds is 2. The first-order valence-electron chi connectivity index (χ1n) is 5.83. The maximum atomic E-state index is 14.0. The molecule has 0 radical (unpaired) electrons. The fraction of sp³-hybridized carbons (Fsp3) is 0.364. The van der Waals surface area contributed by atoms with Crippen LogP contribution in [0.25, 0.3) is 0 Å². The van der Waals surface area contributed by atoms with Crippen LogP contribution < -0.4 is 10.6 Å². The molecular formula is C11H16BFN4O. The second-order valence-electron chi connectivity index (χ2n) is 4.44. The van der Waals surface area contributed by atoms with Gasteiger partial charge in [-0.3, -0.25) is 0 Å². The van der Waals surface area contributed by atoms with E-state index in [1.165, 1.54) is 6.07 Å². The molecule has 0 saturated carbocycles. The standard InChI is InChI=1S/C11H16BFN4O/c12-17-5-3-16(4-6-17)10-2-1-8(7-9(10)13)11(14)15-18/h1-2,7,18H,3-6,12H2,(H2,14,15). The highest BCUT2D eigenvalue weighted by atomic mass is 19.1. The summed E-state index contributed by atoms with van der Waals surface area (Å²) in [6.07, 6.45) is 0. The van der Waals surface area contributed by atoms with Gasteiger partial charge in [0.2, 0.25) is 0 Å². The van der Waals surface area contributed by atoms with E-state index in [0.717, 1.165) is 26.2 Å². The summed E-state index contributed by atoms with van der Waals surface area (Å²) in [5, 5.41) is 11.4. The van der Waals surface area contributed by atoms with E-state index in [2.05, 4.69) is 17.9 Å². The summed E-state index contributed by atoms with van der Waals surface area (Å²) in [7, 11) is 2.05. The molecule has 1 fully saturated rings. The third-order valence-corrected chi connectivity index (χ3v) is 3.20. The maximum absolute atomic E-state index is 14.0. The van der Waals surface area contributed by atoms with Crippen molar-refractivity contribution in [3.63, 3.8) is 0 Å². The minimum atomic E-state index is -0.344. The predicted molar refractivity (Wildman–Crippen MR) is 71.2 cm³/mol. The zero-order valence-corrected chi connectivity index (χ0v) is 10.3. The molecule has 1 heterocycles. The second kappa shape index (κ2) is 5.26. The largest absolute Gasteiger partial charge is 0.409 e. The molecule has 96 valence electrons. The average Bonchev–Trinajstić information content (AvgIpc) is 2.39. The summed E-state index contributed by atoms with van der Waals surface area (Å²) in [5.41, 5.74) is 6.37. The fourth-order valence-corrected chi connectivity index (χ4v) is 2.03. The minimum Gasteiger partial charge on any atom is -0.409 e. The lowest BCUT2D eigenvalue weighted by Gasteiger charge is -2.34. The lowest BCUT2D eigenvalue weighted by Crippen LogP contribution is -2.45. The van der Waals surface area contributed by atoms with Gasteiger partial charge >= 0.3 is 0 Å². The lowest BCUT2D eigenvalue weighted by atomic mass is 10.1. The molecular weight excluding hydrogens is 234 g/mol. The van der Waals surface area contributed by atoms with Crippen LogP contribution in [0.5, 0.6) is 0 Å². The van der Waals surface area contributed by atoms with Crippen molar-refractivity contribution in [3.05, 3.63) is 29.6 Å². The van der Waals surface area contributed by atoms with Gasteiger partial charge in [-0.15, -0.1) is 0 Å². The van der Waals surface area contributed by atoms with Gasteiger partial charge in [-0.05, 0) is 18.2 Å². The molecule has 0 bridgehead atoms. The van der Waals surface area contributed by atoms with Gasteiger partial charge in [-0.2, -0.15) is 0 Å². The molecule has 0 aromatic heterocycles. The van der Waals surface area contributed by atoms with Gasteiger partial charge in [0.05, 0.1) is 5.69 Å². The molecule has 0 amide bonds. The van der Waals surface area contributed by atoms with Crippen LogP contribution in [-0.4, -0.2) is 50.0 Å². The maximum Gasteiger partial charge on any atom is 0.185 e. The topological polar surface area (TPSA) is 65.1 Å². The van der Waals surface area contributed by atoms with Crippen molar-refractivity contribution in [1.82, 2.24) is 4.81 Å². The molecule has 0 atom stereocenters. The minimum absolute atomic E-state index is 0.0844. The molecule has 1 aliphatic rings. The first-order valence-corrected chi connectivity index (χ1v) is 5.83. The summed E-state index contributed by atoms with van der Waals surface area (Å²) in [4.78, 5) is 4.21. The number of hydrogen-bond donors (Lipinski definition) is 2. The molecule has 5 nitrogen and oxygen atoms in total. The summed E-state index contributed by atoms with van der Waals surface area (Å²) in [6, 6.07) is 4.63. The number of piperazine rings is 1. The van der Waals surface area contributed by atoms with Crippen LogP contribution in [0.4, 0.5) is 10.1 Å². The molecule has 3 N–H and O–H groups in total. The Hall–Kier alpha value is -1.76. The highest BCUT2D eigenvalue weighted by Gasteiger charge is 2.17. The number of benzene rings is 1. The third-order valence-electron chi connectivity index (χ3n) is 3.20. The van der Waals surface area contributed by atoms with E-state index in [1.807, 2.05) is 4.90 Å². The zero-order chi connectivity index (χ0) is 13.1. The molecule has 0 spiro atoms. The smallest absolute Gasteiger partial charge is 0.185 e. The number of hydrogen-bond acceptors (Lipinski definition) is 4. The molecule has 2 rings (SSSR count). The summed E-state index contributed by atoms with van der Waals surface area (Å²) in [5.74, 6) is -0.428. The van der Waals surface area contributed by atoms with E-state index < -0.39 is 0 Å². The molecule has 1 aromatic carbocycles. The van der Waals surface area contributed by atoms with E-state index >= 15 is 0 Å². The monoisotopic (exact) mass is 250 g/mol. The van der Waals surface area contributed by atoms with E-state index in [9.17, 15) is 4.39 Å². The van der Waals surface area contributed by atoms with Crippen molar-refractivity contribution in [1.29, 1.82) is 0 Å². The summed E-state index contributed by atoms with van der Waals surface area (Å²) >= 11 is 0. The summed E-state index contributed by atoms with van der Waals surface area (Å²) < 4.78 is 14.0. The Bertz CT molecular complexity index is 460. The number of oxime groups is 1. The first-order chi connectivity index (χ1) is 8.61. The molecule has 18 heavy (non-hydrogen) atoms. The summed E-state index contributed by atoms with van der Waals surface area (Å²) in [6.45, 7) is 3.44. The average molecular weight is 250 g/mol. The molecule has 1 aliphatic heterocycles. The molecule has 7 heteroatoms. The molecule has 1 saturated heterocycles. The van der Waals surface area contributed by atoms with Crippen molar-refractivity contribution >= 4 is 19.5 Å². The first kappa shape index (κ1) is 12.7. The van der Waals surface area contributed by atoms with Gasteiger partial charge in [0.1, 0.15) is 5.82 Å². The normalized spacial score (nSPS) is 18.1. The van der Waals surface area contributed by atoms with Crippen LogP contribution in [-0.2, 0) is 0 Å². The Morgan fingerprint density at radius 3 is 2.56 bits per heavy atom. The van der Waals surface area contributed by atoms with E-state index in [-0.39, 0.29) is 11.7 Å². The zero-order valence-electron chi connectivity index (χ0n) is 10.3. The number of anilines is 1. The van der Waals surface area contributed by atoms with Gasteiger partial charge in [0, 0.05) is 31.7 Å². The van der Waals surface area contributed by atoms with Gasteiger partial charge in [0.15, 0.2) is 13.8 Å². The Labute approximate surface area is 106 Å². The van der Waals surface area contributed by atoms with Gasteiger partial charge < -0.3 is 20.7 Å². The number of halogens is 1. The van der Waals surface area contributed by atoms with Crippen molar-refractivity contribution in [2.75, 3.05) is 31.1 Å². The van der Waals surface area contributed by atoms with Crippen LogP contribution in [0.1, 0.15) is 5.56 Å². The van der Waals surface area contributed by atoms with Crippen molar-refractivity contribution in [2.24, 2.45) is 10.9 Å². The highest BCUT2D eigenvalue weighted by molar-refractivity contribution is 6.04. The van der Waals surface area contributed by atoms with Crippen molar-refractivity contribution < 1.29 is 9.60 Å². The Balaban J connectivity index is 2.20. The molecule has 0 aliphatic carbocycles. The van der Waals surface area contributed by atoms with Crippen LogP contribution in [0.15, 0.2) is 23.4 Å². The van der Waals surface area contributed by atoms with E-state index in [0.29, 0.717) is 11.3 Å². The number of nitrogens with zero attached hydrogens (tertiary/aromatic N) is 3. The van der Waals surface area contributed by atoms with Gasteiger partial charge in [-0.1, -0.05) is 5.16 Å². The van der Waals surface area contributed by atoms with Crippen molar-refractivity contribution in [3.8, 4) is 0 Å². The Morgan fingerprint density at radius 2 is 2.00 bits per heavy atom. The van der Waals surface area contributed by atoms with Crippen LogP contribution in [0, 0.1) is 5.82 Å². The molecule has 0 unspecified atom stereocenters. The van der Waals surface area contributed by atoms with Crippen LogP contribution in [0.3, 0.4) is 0 Å². The highest BCUT2D eigenvalue weighted by Crippen LogP contribution is 2.21. The Morgan fingerprint density at radius 1 is 1.33 bits per heavy atom. The molecule has 1 aromatic rings. The second-order valence-corrected chi connectivity index (χ2v) is 4.44. The van der Waals surface area contributed by atoms with Gasteiger partial charge in [0.25, 0.3) is 0 Å². The predicted octanol–water partition coefficient (Wildman–Crippen LogP) is -0.410. The quantitative estimate of drug-likeness (QED) is 0.246. The lowest BCUT2D eigenvalue weighted by molar-refractivity contribution is 0.318. The van der Waals surface area contributed by atoms with E-state index in [4.69, 9.17) is 10.9 Å². The fourth-order valence-electron chi connectivity index (χ4n) is 2.03. The van der Waals surface area contributed by atoms with Crippen LogP contribution in [0.2, 0.25) is 0 Å². The Kier molecular flexibility index (Phi) is 3.71. The van der Waals surface area contributed by atoms with Gasteiger partial charge in [-0.25, -0.2) is 4.39 Å². The van der Waals surface area contributed by atoms with E-state index in [1.54, 1.807) is 12.1 Å². The SMILES string of the molecule is BN1CCN(c2ccc(/C(N)=N/O)cc2F)CC1. The third kappa shape index (κ3) is 2.56. The van der Waals surface area contributed by atoms with Crippen molar-refractivity contribution in [2.45, 2.75) is 0 Å². The number of amidine groups is 1. The number of nitrogens with two attached hydrogens (primary N) is 1. The van der Waals surface area contributed by atoms with Crippen LogP contribution >= 0.6 is 0 Å².